The molecule has 1 fully saturated rings. The van der Waals surface area contributed by atoms with Gasteiger partial charge in [-0.25, -0.2) is 0 Å². The topological polar surface area (TPSA) is 44.8 Å². The van der Waals surface area contributed by atoms with Gasteiger partial charge in [0.2, 0.25) is 5.91 Å². The molecule has 1 rings (SSSR count). The minimum Gasteiger partial charge on any atom is -0.383 e. The van der Waals surface area contributed by atoms with Crippen LogP contribution in [-0.4, -0.2) is 75.2 Å². The van der Waals surface area contributed by atoms with Gasteiger partial charge in [0.1, 0.15) is 0 Å². The predicted molar refractivity (Wildman–Crippen MR) is 70.7 cm³/mol. The summed E-state index contributed by atoms with van der Waals surface area (Å²) in [5.74, 6) is 0.195. The van der Waals surface area contributed by atoms with Crippen molar-refractivity contribution in [2.75, 3.05) is 53.5 Å². The molecular formula is C11H24ClN3O2. The van der Waals surface area contributed by atoms with E-state index in [1.165, 1.54) is 0 Å². The summed E-state index contributed by atoms with van der Waals surface area (Å²) in [5, 5.41) is 2.90. The van der Waals surface area contributed by atoms with Gasteiger partial charge in [-0.15, -0.1) is 12.4 Å². The number of carbonyl (C=O) groups is 1. The molecule has 0 aromatic heterocycles. The van der Waals surface area contributed by atoms with Crippen LogP contribution in [-0.2, 0) is 9.53 Å². The second kappa shape index (κ2) is 8.69. The Morgan fingerprint density at radius 3 is 2.71 bits per heavy atom. The van der Waals surface area contributed by atoms with Crippen molar-refractivity contribution < 1.29 is 9.53 Å². The van der Waals surface area contributed by atoms with Crippen molar-refractivity contribution in [1.29, 1.82) is 0 Å². The van der Waals surface area contributed by atoms with Gasteiger partial charge in [-0.1, -0.05) is 0 Å². The number of hydrogen-bond donors (Lipinski definition) is 1. The summed E-state index contributed by atoms with van der Waals surface area (Å²) in [6.07, 6.45) is 0. The number of nitrogens with zero attached hydrogens (tertiary/aromatic N) is 2. The molecule has 0 radical (unpaired) electrons. The lowest BCUT2D eigenvalue weighted by molar-refractivity contribution is -0.133. The van der Waals surface area contributed by atoms with E-state index in [-0.39, 0.29) is 18.3 Å². The number of piperazine rings is 1. The van der Waals surface area contributed by atoms with Crippen molar-refractivity contribution in [2.24, 2.45) is 0 Å². The summed E-state index contributed by atoms with van der Waals surface area (Å²) in [6.45, 7) is 6.90. The van der Waals surface area contributed by atoms with Crippen molar-refractivity contribution in [3.63, 3.8) is 0 Å². The minimum absolute atomic E-state index is 0. The Morgan fingerprint density at radius 1 is 1.47 bits per heavy atom. The third-order valence-electron chi connectivity index (χ3n) is 3.03. The molecule has 5 nitrogen and oxygen atoms in total. The van der Waals surface area contributed by atoms with Crippen LogP contribution in [0.2, 0.25) is 0 Å². The number of amides is 1. The molecule has 1 N–H and O–H groups in total. The van der Waals surface area contributed by atoms with Gasteiger partial charge in [0.25, 0.3) is 0 Å². The standard InChI is InChI=1S/C11H23N3O2.ClH/c1-10-9-14(11(15)8-12-2)5-4-13(10)6-7-16-3;/h10,12H,4-9H2,1-3H3;1H. The van der Waals surface area contributed by atoms with Crippen molar-refractivity contribution >= 4 is 18.3 Å². The summed E-state index contributed by atoms with van der Waals surface area (Å²) >= 11 is 0. The van der Waals surface area contributed by atoms with Gasteiger partial charge in [-0.2, -0.15) is 0 Å². The number of likely N-dealkylation sites (N-methyl/N-ethyl adjacent to an activating group) is 1. The first-order valence-corrected chi connectivity index (χ1v) is 5.84. The normalized spacial score (nSPS) is 21.1. The van der Waals surface area contributed by atoms with Gasteiger partial charge in [-0.3, -0.25) is 9.69 Å². The zero-order chi connectivity index (χ0) is 12.0. The van der Waals surface area contributed by atoms with E-state index in [2.05, 4.69) is 17.1 Å². The molecule has 102 valence electrons. The lowest BCUT2D eigenvalue weighted by Gasteiger charge is -2.39. The first-order valence-electron chi connectivity index (χ1n) is 5.84. The Morgan fingerprint density at radius 2 is 2.18 bits per heavy atom. The van der Waals surface area contributed by atoms with Gasteiger partial charge in [0.05, 0.1) is 13.2 Å². The Bertz CT molecular complexity index is 229. The molecule has 1 atom stereocenters. The zero-order valence-electron chi connectivity index (χ0n) is 10.9. The van der Waals surface area contributed by atoms with Crippen LogP contribution < -0.4 is 5.32 Å². The van der Waals surface area contributed by atoms with E-state index >= 15 is 0 Å². The highest BCUT2D eigenvalue weighted by Gasteiger charge is 2.25. The smallest absolute Gasteiger partial charge is 0.236 e. The maximum absolute atomic E-state index is 11.7. The van der Waals surface area contributed by atoms with Crippen LogP contribution >= 0.6 is 12.4 Å². The highest BCUT2D eigenvalue weighted by atomic mass is 35.5. The van der Waals surface area contributed by atoms with Crippen molar-refractivity contribution in [2.45, 2.75) is 13.0 Å². The number of hydrogen-bond acceptors (Lipinski definition) is 4. The highest BCUT2D eigenvalue weighted by Crippen LogP contribution is 2.08. The van der Waals surface area contributed by atoms with E-state index in [0.29, 0.717) is 12.6 Å². The molecule has 1 unspecified atom stereocenters. The quantitative estimate of drug-likeness (QED) is 0.748. The van der Waals surface area contributed by atoms with Gasteiger partial charge < -0.3 is 15.0 Å². The van der Waals surface area contributed by atoms with Crippen LogP contribution in [0.5, 0.6) is 0 Å². The van der Waals surface area contributed by atoms with E-state index in [9.17, 15) is 4.79 Å². The number of carbonyl (C=O) groups excluding carboxylic acids is 1. The average Bonchev–Trinajstić information content (AvgIpc) is 2.27. The summed E-state index contributed by atoms with van der Waals surface area (Å²) in [7, 11) is 3.52. The third-order valence-corrected chi connectivity index (χ3v) is 3.03. The molecule has 1 aliphatic rings. The average molecular weight is 266 g/mol. The van der Waals surface area contributed by atoms with Gasteiger partial charge in [0, 0.05) is 39.3 Å². The minimum atomic E-state index is 0. The molecule has 0 saturated carbocycles. The van der Waals surface area contributed by atoms with Crippen LogP contribution in [0.1, 0.15) is 6.92 Å². The molecule has 0 aromatic rings. The van der Waals surface area contributed by atoms with E-state index in [1.807, 2.05) is 4.90 Å². The molecule has 6 heteroatoms. The summed E-state index contributed by atoms with van der Waals surface area (Å²) < 4.78 is 5.07. The molecule has 1 saturated heterocycles. The van der Waals surface area contributed by atoms with Crippen LogP contribution in [0, 0.1) is 0 Å². The Labute approximate surface area is 110 Å². The molecule has 1 amide bonds. The fourth-order valence-electron chi connectivity index (χ4n) is 2.03. The van der Waals surface area contributed by atoms with Gasteiger partial charge in [-0.05, 0) is 14.0 Å². The number of rotatable bonds is 5. The second-order valence-electron chi connectivity index (χ2n) is 4.25. The Balaban J connectivity index is 0.00000256. The summed E-state index contributed by atoms with van der Waals surface area (Å²) in [5.41, 5.74) is 0. The lowest BCUT2D eigenvalue weighted by Crippen LogP contribution is -2.55. The van der Waals surface area contributed by atoms with Crippen LogP contribution in [0.15, 0.2) is 0 Å². The summed E-state index contributed by atoms with van der Waals surface area (Å²) in [6, 6.07) is 0.421. The molecular weight excluding hydrogens is 242 g/mol. The monoisotopic (exact) mass is 265 g/mol. The number of halogens is 1. The third kappa shape index (κ3) is 5.21. The second-order valence-corrected chi connectivity index (χ2v) is 4.25. The maximum Gasteiger partial charge on any atom is 0.236 e. The van der Waals surface area contributed by atoms with E-state index in [1.54, 1.807) is 14.2 Å². The van der Waals surface area contributed by atoms with Crippen molar-refractivity contribution in [3.8, 4) is 0 Å². The molecule has 1 heterocycles. The number of methoxy groups -OCH3 is 1. The lowest BCUT2D eigenvalue weighted by atomic mass is 10.2. The molecule has 0 aromatic carbocycles. The fourth-order valence-corrected chi connectivity index (χ4v) is 2.03. The van der Waals surface area contributed by atoms with Gasteiger partial charge in [0.15, 0.2) is 0 Å². The SMILES string of the molecule is CNCC(=O)N1CCN(CCOC)C(C)C1.Cl. The Kier molecular flexibility index (Phi) is 8.51. The molecule has 0 spiro atoms. The fraction of sp³-hybridized carbons (Fsp3) is 0.909. The van der Waals surface area contributed by atoms with Crippen molar-refractivity contribution in [1.82, 2.24) is 15.1 Å². The van der Waals surface area contributed by atoms with E-state index < -0.39 is 0 Å². The number of ether oxygens (including phenoxy) is 1. The number of nitrogens with one attached hydrogen (secondary N) is 1. The largest absolute Gasteiger partial charge is 0.383 e. The molecule has 0 aliphatic carbocycles. The van der Waals surface area contributed by atoms with Crippen LogP contribution in [0.4, 0.5) is 0 Å². The molecule has 1 aliphatic heterocycles. The van der Waals surface area contributed by atoms with Gasteiger partial charge >= 0.3 is 0 Å². The van der Waals surface area contributed by atoms with Crippen LogP contribution in [0.25, 0.3) is 0 Å². The maximum atomic E-state index is 11.7. The van der Waals surface area contributed by atoms with E-state index in [4.69, 9.17) is 4.74 Å². The van der Waals surface area contributed by atoms with Crippen molar-refractivity contribution in [3.05, 3.63) is 0 Å². The summed E-state index contributed by atoms with van der Waals surface area (Å²) in [4.78, 5) is 16.0. The van der Waals surface area contributed by atoms with E-state index in [0.717, 1.165) is 32.8 Å². The molecule has 17 heavy (non-hydrogen) atoms. The Hall–Kier alpha value is -0.360. The first kappa shape index (κ1) is 16.6. The predicted octanol–water partition coefficient (Wildman–Crippen LogP) is -0.193. The molecule has 0 bridgehead atoms. The highest BCUT2D eigenvalue weighted by molar-refractivity contribution is 5.85. The van der Waals surface area contributed by atoms with Crippen LogP contribution in [0.3, 0.4) is 0 Å². The first-order chi connectivity index (χ1) is 7.69. The zero-order valence-corrected chi connectivity index (χ0v) is 11.8.